The van der Waals surface area contributed by atoms with Gasteiger partial charge < -0.3 is 4.74 Å². The van der Waals surface area contributed by atoms with Crippen molar-refractivity contribution in [3.8, 4) is 0 Å². The van der Waals surface area contributed by atoms with Gasteiger partial charge in [-0.2, -0.15) is 0 Å². The Kier molecular flexibility index (Phi) is 5.82. The number of esters is 1. The van der Waals surface area contributed by atoms with Gasteiger partial charge in [0, 0.05) is 5.56 Å². The number of Topliss-reactive ketones (excluding diaryl/α,β-unsaturated/α-hetero) is 1. The van der Waals surface area contributed by atoms with Crippen LogP contribution in [0.2, 0.25) is 0 Å². The number of carbonyl (C=O) groups excluding carboxylic acids is 5. The number of hydrogen-bond acceptors (Lipinski definition) is 6. The Labute approximate surface area is 166 Å². The van der Waals surface area contributed by atoms with E-state index in [1.807, 2.05) is 0 Å². The van der Waals surface area contributed by atoms with Gasteiger partial charge in [-0.25, -0.2) is 9.69 Å². The highest BCUT2D eigenvalue weighted by atomic mass is 16.5. The number of rotatable bonds is 7. The van der Waals surface area contributed by atoms with Gasteiger partial charge in [-0.3, -0.25) is 24.1 Å². The number of carbonyl (C=O) groups is 5. The number of methoxy groups -OCH3 is 1. The standard InChI is InChI=1S/C21H18N2O6/c1-29-18(25)11-14-7-9-16(10-8-14)17(24)13-23-20(27)19(26)22(21(23)28)12-15-5-3-2-4-6-15/h2-10H,11-13H2,1H3. The fourth-order valence-electron chi connectivity index (χ4n) is 2.88. The summed E-state index contributed by atoms with van der Waals surface area (Å²) in [5, 5.41) is 0. The van der Waals surface area contributed by atoms with Gasteiger partial charge in [0.15, 0.2) is 5.78 Å². The number of hydrogen-bond donors (Lipinski definition) is 0. The summed E-state index contributed by atoms with van der Waals surface area (Å²) in [6.07, 6.45) is 0.0665. The highest BCUT2D eigenvalue weighted by molar-refractivity contribution is 6.45. The molecule has 1 saturated heterocycles. The SMILES string of the molecule is COC(=O)Cc1ccc(C(=O)CN2C(=O)C(=O)N(Cc3ccccc3)C2=O)cc1. The first-order valence-electron chi connectivity index (χ1n) is 8.81. The van der Waals surface area contributed by atoms with Crippen molar-refractivity contribution >= 4 is 29.6 Å². The third-order valence-corrected chi connectivity index (χ3v) is 4.47. The average Bonchev–Trinajstić information content (AvgIpc) is 2.93. The molecule has 0 radical (unpaired) electrons. The molecule has 0 saturated carbocycles. The zero-order valence-corrected chi connectivity index (χ0v) is 15.7. The van der Waals surface area contributed by atoms with Crippen LogP contribution < -0.4 is 0 Å². The van der Waals surface area contributed by atoms with Crippen LogP contribution >= 0.6 is 0 Å². The fourth-order valence-corrected chi connectivity index (χ4v) is 2.88. The molecule has 2 aromatic carbocycles. The summed E-state index contributed by atoms with van der Waals surface area (Å²) in [4.78, 5) is 62.1. The monoisotopic (exact) mass is 394 g/mol. The number of amides is 4. The van der Waals surface area contributed by atoms with Crippen molar-refractivity contribution in [1.29, 1.82) is 0 Å². The lowest BCUT2D eigenvalue weighted by atomic mass is 10.1. The highest BCUT2D eigenvalue weighted by Crippen LogP contribution is 2.17. The van der Waals surface area contributed by atoms with Gasteiger partial charge in [-0.15, -0.1) is 0 Å². The Bertz CT molecular complexity index is 968. The Balaban J connectivity index is 1.68. The normalized spacial score (nSPS) is 13.8. The first-order chi connectivity index (χ1) is 13.9. The van der Waals surface area contributed by atoms with E-state index in [1.54, 1.807) is 42.5 Å². The highest BCUT2D eigenvalue weighted by Gasteiger charge is 2.45. The molecule has 4 amide bonds. The predicted octanol–water partition coefficient (Wildman–Crippen LogP) is 1.58. The molecular weight excluding hydrogens is 376 g/mol. The summed E-state index contributed by atoms with van der Waals surface area (Å²) < 4.78 is 4.58. The zero-order valence-electron chi connectivity index (χ0n) is 15.7. The Morgan fingerprint density at radius 3 is 2.07 bits per heavy atom. The molecule has 1 aliphatic heterocycles. The van der Waals surface area contributed by atoms with Crippen molar-refractivity contribution in [2.45, 2.75) is 13.0 Å². The molecule has 0 bridgehead atoms. The topological polar surface area (TPSA) is 101 Å². The van der Waals surface area contributed by atoms with Crippen LogP contribution in [0.15, 0.2) is 54.6 Å². The molecule has 1 heterocycles. The summed E-state index contributed by atoms with van der Waals surface area (Å²) in [6.45, 7) is -0.581. The lowest BCUT2D eigenvalue weighted by Gasteiger charge is -2.15. The molecule has 8 nitrogen and oxygen atoms in total. The summed E-state index contributed by atoms with van der Waals surface area (Å²) in [5.74, 6) is -2.89. The second-order valence-corrected chi connectivity index (χ2v) is 6.42. The van der Waals surface area contributed by atoms with Gasteiger partial charge in [0.25, 0.3) is 0 Å². The van der Waals surface area contributed by atoms with E-state index in [0.29, 0.717) is 16.0 Å². The minimum atomic E-state index is -1.03. The maximum absolute atomic E-state index is 12.5. The second-order valence-electron chi connectivity index (χ2n) is 6.42. The molecule has 3 rings (SSSR count). The van der Waals surface area contributed by atoms with Crippen molar-refractivity contribution < 1.29 is 28.7 Å². The predicted molar refractivity (Wildman–Crippen MR) is 101 cm³/mol. The van der Waals surface area contributed by atoms with Crippen molar-refractivity contribution in [2.75, 3.05) is 13.7 Å². The van der Waals surface area contributed by atoms with Crippen LogP contribution in [-0.2, 0) is 32.1 Å². The minimum absolute atomic E-state index is 0.0445. The molecule has 0 spiro atoms. The molecule has 0 aliphatic carbocycles. The maximum Gasteiger partial charge on any atom is 0.334 e. The third kappa shape index (κ3) is 4.37. The number of urea groups is 1. The molecule has 0 aromatic heterocycles. The number of benzene rings is 2. The largest absolute Gasteiger partial charge is 0.469 e. The van der Waals surface area contributed by atoms with E-state index in [9.17, 15) is 24.0 Å². The van der Waals surface area contributed by atoms with E-state index < -0.39 is 36.1 Å². The first-order valence-corrected chi connectivity index (χ1v) is 8.81. The number of ketones is 1. The van der Waals surface area contributed by atoms with E-state index in [1.165, 1.54) is 19.2 Å². The van der Waals surface area contributed by atoms with Crippen LogP contribution in [0.3, 0.4) is 0 Å². The van der Waals surface area contributed by atoms with E-state index in [4.69, 9.17) is 0 Å². The quantitative estimate of drug-likeness (QED) is 0.306. The van der Waals surface area contributed by atoms with Crippen LogP contribution in [0.25, 0.3) is 0 Å². The van der Waals surface area contributed by atoms with Crippen molar-refractivity contribution in [2.24, 2.45) is 0 Å². The Hall–Kier alpha value is -3.81. The van der Waals surface area contributed by atoms with E-state index >= 15 is 0 Å². The molecule has 2 aromatic rings. The van der Waals surface area contributed by atoms with E-state index in [2.05, 4.69) is 4.74 Å². The summed E-state index contributed by atoms with van der Waals surface area (Å²) in [5.41, 5.74) is 1.61. The number of ether oxygens (including phenoxy) is 1. The van der Waals surface area contributed by atoms with Crippen LogP contribution in [0, 0.1) is 0 Å². The first kappa shape index (κ1) is 19.9. The van der Waals surface area contributed by atoms with Crippen molar-refractivity contribution in [3.05, 3.63) is 71.3 Å². The molecule has 1 aliphatic rings. The van der Waals surface area contributed by atoms with Crippen LogP contribution in [-0.4, -0.2) is 53.1 Å². The van der Waals surface area contributed by atoms with Gasteiger partial charge in [0.1, 0.15) is 0 Å². The van der Waals surface area contributed by atoms with Gasteiger partial charge >= 0.3 is 23.8 Å². The van der Waals surface area contributed by atoms with Gasteiger partial charge in [-0.1, -0.05) is 54.6 Å². The van der Waals surface area contributed by atoms with Gasteiger partial charge in [0.2, 0.25) is 0 Å². The van der Waals surface area contributed by atoms with Crippen LogP contribution in [0.1, 0.15) is 21.5 Å². The third-order valence-electron chi connectivity index (χ3n) is 4.47. The molecule has 0 N–H and O–H groups in total. The molecule has 29 heavy (non-hydrogen) atoms. The average molecular weight is 394 g/mol. The fraction of sp³-hybridized carbons (Fsp3) is 0.190. The van der Waals surface area contributed by atoms with Gasteiger partial charge in [-0.05, 0) is 11.1 Å². The smallest absolute Gasteiger partial charge is 0.334 e. The van der Waals surface area contributed by atoms with Crippen molar-refractivity contribution in [1.82, 2.24) is 9.80 Å². The molecule has 148 valence electrons. The lowest BCUT2D eigenvalue weighted by molar-refractivity contribution is -0.143. The van der Waals surface area contributed by atoms with E-state index in [0.717, 1.165) is 4.90 Å². The molecule has 0 unspecified atom stereocenters. The number of nitrogens with zero attached hydrogens (tertiary/aromatic N) is 2. The molecule has 0 atom stereocenters. The maximum atomic E-state index is 12.5. The Morgan fingerprint density at radius 2 is 1.45 bits per heavy atom. The summed E-state index contributed by atoms with van der Waals surface area (Å²) in [7, 11) is 1.28. The molecular formula is C21H18N2O6. The molecule has 1 fully saturated rings. The lowest BCUT2D eigenvalue weighted by Crippen LogP contribution is -2.36. The summed E-state index contributed by atoms with van der Waals surface area (Å²) >= 11 is 0. The van der Waals surface area contributed by atoms with Crippen LogP contribution in [0.5, 0.6) is 0 Å². The summed E-state index contributed by atoms with van der Waals surface area (Å²) in [6, 6.07) is 14.1. The Morgan fingerprint density at radius 1 is 0.828 bits per heavy atom. The van der Waals surface area contributed by atoms with Crippen LogP contribution in [0.4, 0.5) is 4.79 Å². The van der Waals surface area contributed by atoms with Crippen molar-refractivity contribution in [3.63, 3.8) is 0 Å². The molecule has 8 heteroatoms. The van der Waals surface area contributed by atoms with Gasteiger partial charge in [0.05, 0.1) is 26.6 Å². The number of imide groups is 2. The zero-order chi connectivity index (χ0) is 21.0. The van der Waals surface area contributed by atoms with E-state index in [-0.39, 0.29) is 18.5 Å². The second kappa shape index (κ2) is 8.47. The minimum Gasteiger partial charge on any atom is -0.469 e.